The van der Waals surface area contributed by atoms with Gasteiger partial charge in [-0.2, -0.15) is 0 Å². The van der Waals surface area contributed by atoms with Crippen LogP contribution in [-0.4, -0.2) is 37.2 Å². The molecule has 29 heavy (non-hydrogen) atoms. The van der Waals surface area contributed by atoms with Gasteiger partial charge >= 0.3 is 0 Å². The maximum Gasteiger partial charge on any atom is 0.263 e. The zero-order valence-electron chi connectivity index (χ0n) is 15.7. The number of fused-ring (bicyclic) bond motifs is 3. The van der Waals surface area contributed by atoms with E-state index < -0.39 is 0 Å². The molecule has 1 fully saturated rings. The maximum absolute atomic E-state index is 13.3. The van der Waals surface area contributed by atoms with Crippen molar-refractivity contribution < 1.29 is 0 Å². The lowest BCUT2D eigenvalue weighted by Crippen LogP contribution is -2.25. The number of benzene rings is 1. The van der Waals surface area contributed by atoms with E-state index in [9.17, 15) is 4.79 Å². The number of aromatic nitrogens is 5. The number of hydrogen-bond acceptors (Lipinski definition) is 5. The van der Waals surface area contributed by atoms with Crippen LogP contribution < -0.4 is 10.5 Å². The molecule has 0 spiro atoms. The Kier molecular flexibility index (Phi) is 4.63. The molecule has 0 bridgehead atoms. The molecule has 0 atom stereocenters. The predicted molar refractivity (Wildman–Crippen MR) is 117 cm³/mol. The molecule has 1 saturated heterocycles. The molecular weight excluding hydrogens is 432 g/mol. The summed E-state index contributed by atoms with van der Waals surface area (Å²) in [5, 5.41) is 9.50. The second kappa shape index (κ2) is 7.44. The van der Waals surface area contributed by atoms with Crippen LogP contribution in [-0.2, 0) is 6.54 Å². The molecule has 1 aliphatic heterocycles. The van der Waals surface area contributed by atoms with Crippen molar-refractivity contribution in [3.8, 4) is 0 Å². The van der Waals surface area contributed by atoms with Crippen molar-refractivity contribution in [1.82, 2.24) is 24.1 Å². The van der Waals surface area contributed by atoms with Crippen molar-refractivity contribution in [2.45, 2.75) is 19.4 Å². The molecular formula is C21H19BrN6O. The Labute approximate surface area is 175 Å². The first-order valence-corrected chi connectivity index (χ1v) is 10.4. The highest BCUT2D eigenvalue weighted by molar-refractivity contribution is 9.10. The van der Waals surface area contributed by atoms with E-state index in [-0.39, 0.29) is 5.56 Å². The summed E-state index contributed by atoms with van der Waals surface area (Å²) in [6.45, 7) is 2.32. The number of allylic oxidation sites excluding steroid dienone is 1. The van der Waals surface area contributed by atoms with E-state index in [1.807, 2.05) is 46.9 Å². The quantitative estimate of drug-likeness (QED) is 0.475. The highest BCUT2D eigenvalue weighted by Gasteiger charge is 2.22. The molecule has 1 aromatic carbocycles. The van der Waals surface area contributed by atoms with Gasteiger partial charge in [-0.15, -0.1) is 10.2 Å². The zero-order valence-corrected chi connectivity index (χ0v) is 17.3. The number of nitrogens with zero attached hydrogens (tertiary/aromatic N) is 6. The van der Waals surface area contributed by atoms with Gasteiger partial charge in [0.25, 0.3) is 5.56 Å². The molecule has 7 nitrogen and oxygen atoms in total. The van der Waals surface area contributed by atoms with E-state index in [2.05, 4.69) is 36.0 Å². The lowest BCUT2D eigenvalue weighted by Gasteiger charge is -2.16. The smallest absolute Gasteiger partial charge is 0.263 e. The second-order valence-electron chi connectivity index (χ2n) is 7.09. The van der Waals surface area contributed by atoms with E-state index in [4.69, 9.17) is 0 Å². The van der Waals surface area contributed by atoms with Crippen LogP contribution in [0.4, 0.5) is 5.95 Å². The van der Waals surface area contributed by atoms with Gasteiger partial charge in [-0.05, 0) is 48.7 Å². The van der Waals surface area contributed by atoms with Crippen molar-refractivity contribution in [2.24, 2.45) is 0 Å². The van der Waals surface area contributed by atoms with Gasteiger partial charge in [0.05, 0.1) is 10.9 Å². The number of pyridine rings is 1. The summed E-state index contributed by atoms with van der Waals surface area (Å²) in [6.07, 6.45) is 9.73. The average Bonchev–Trinajstić information content (AvgIpc) is 3.41. The maximum atomic E-state index is 13.3. The minimum absolute atomic E-state index is 0.0754. The van der Waals surface area contributed by atoms with Gasteiger partial charge < -0.3 is 4.90 Å². The number of anilines is 1. The average molecular weight is 451 g/mol. The minimum atomic E-state index is -0.0754. The van der Waals surface area contributed by atoms with Gasteiger partial charge in [0, 0.05) is 36.5 Å². The van der Waals surface area contributed by atoms with Gasteiger partial charge in [-0.3, -0.25) is 14.3 Å². The molecule has 4 aromatic rings. The Morgan fingerprint density at radius 1 is 1.07 bits per heavy atom. The normalized spacial score (nSPS) is 14.6. The van der Waals surface area contributed by atoms with Gasteiger partial charge in [0.15, 0.2) is 0 Å². The summed E-state index contributed by atoms with van der Waals surface area (Å²) >= 11 is 3.50. The van der Waals surface area contributed by atoms with E-state index in [1.165, 1.54) is 0 Å². The van der Waals surface area contributed by atoms with Crippen LogP contribution in [0, 0.1) is 0 Å². The molecule has 8 heteroatoms. The van der Waals surface area contributed by atoms with Crippen LogP contribution in [0.25, 0.3) is 22.8 Å². The van der Waals surface area contributed by atoms with Crippen molar-refractivity contribution >= 4 is 44.6 Å². The van der Waals surface area contributed by atoms with E-state index in [1.54, 1.807) is 17.0 Å². The van der Waals surface area contributed by atoms with Crippen molar-refractivity contribution in [1.29, 1.82) is 0 Å². The summed E-state index contributed by atoms with van der Waals surface area (Å²) in [7, 11) is 0. The third kappa shape index (κ3) is 3.23. The van der Waals surface area contributed by atoms with Crippen molar-refractivity contribution in [3.63, 3.8) is 0 Å². The van der Waals surface area contributed by atoms with Gasteiger partial charge in [-0.25, -0.2) is 4.40 Å². The topological polar surface area (TPSA) is 68.3 Å². The van der Waals surface area contributed by atoms with Crippen LogP contribution in [0.3, 0.4) is 0 Å². The molecule has 146 valence electrons. The Balaban J connectivity index is 1.68. The molecule has 0 N–H and O–H groups in total. The Morgan fingerprint density at radius 3 is 2.66 bits per heavy atom. The summed E-state index contributed by atoms with van der Waals surface area (Å²) in [4.78, 5) is 19.5. The Hall–Kier alpha value is -3.00. The zero-order chi connectivity index (χ0) is 19.8. The van der Waals surface area contributed by atoms with Crippen LogP contribution in [0.5, 0.6) is 0 Å². The fourth-order valence-corrected chi connectivity index (χ4v) is 4.19. The lowest BCUT2D eigenvalue weighted by molar-refractivity contribution is 0.786. The van der Waals surface area contributed by atoms with Crippen LogP contribution >= 0.6 is 15.9 Å². The molecule has 0 radical (unpaired) electrons. The first-order valence-electron chi connectivity index (χ1n) is 9.61. The third-order valence-electron chi connectivity index (χ3n) is 5.24. The first kappa shape index (κ1) is 18.1. The molecule has 4 heterocycles. The third-order valence-corrected chi connectivity index (χ3v) is 5.73. The summed E-state index contributed by atoms with van der Waals surface area (Å²) in [5.74, 6) is 1.36. The lowest BCUT2D eigenvalue weighted by atomic mass is 10.2. The van der Waals surface area contributed by atoms with Crippen LogP contribution in [0.1, 0.15) is 18.4 Å². The highest BCUT2D eigenvalue weighted by atomic mass is 79.9. The minimum Gasteiger partial charge on any atom is -0.341 e. The largest absolute Gasteiger partial charge is 0.341 e. The molecule has 5 rings (SSSR count). The Bertz CT molecular complexity index is 1270. The van der Waals surface area contributed by atoms with Crippen molar-refractivity contribution in [2.75, 3.05) is 18.0 Å². The van der Waals surface area contributed by atoms with E-state index >= 15 is 0 Å². The summed E-state index contributed by atoms with van der Waals surface area (Å²) < 4.78 is 4.56. The summed E-state index contributed by atoms with van der Waals surface area (Å²) in [6, 6.07) is 9.62. The monoisotopic (exact) mass is 450 g/mol. The fraction of sp³-hybridized carbons (Fsp3) is 0.238. The SMILES string of the molecule is O=c1c2cc(Br)ccc2n2c(N3CCCC3)nnc2n1C/C=C/c1ccncc1. The molecule has 3 aromatic heterocycles. The second-order valence-corrected chi connectivity index (χ2v) is 8.01. The highest BCUT2D eigenvalue weighted by Crippen LogP contribution is 2.24. The molecule has 0 saturated carbocycles. The molecule has 0 unspecified atom stereocenters. The fourth-order valence-electron chi connectivity index (χ4n) is 3.82. The molecule has 1 aliphatic rings. The van der Waals surface area contributed by atoms with E-state index in [0.717, 1.165) is 47.4 Å². The number of rotatable bonds is 4. The predicted octanol–water partition coefficient (Wildman–Crippen LogP) is 3.52. The van der Waals surface area contributed by atoms with Crippen molar-refractivity contribution in [3.05, 3.63) is 69.2 Å². The van der Waals surface area contributed by atoms with Crippen LogP contribution in [0.15, 0.2) is 58.1 Å². The Morgan fingerprint density at radius 2 is 1.86 bits per heavy atom. The molecule has 0 aliphatic carbocycles. The van der Waals surface area contributed by atoms with Gasteiger partial charge in [0.2, 0.25) is 11.7 Å². The number of halogens is 1. The molecule has 0 amide bonds. The standard InChI is InChI=1S/C21H19BrN6O/c22-16-5-6-18-17(14-16)19(29)27(13-3-4-15-7-9-23-10-8-15)21-25-24-20(28(18)21)26-11-1-2-12-26/h3-10,14H,1-2,11-13H2/b4-3+. The van der Waals surface area contributed by atoms with Gasteiger partial charge in [0.1, 0.15) is 0 Å². The van der Waals surface area contributed by atoms with Crippen LogP contribution in [0.2, 0.25) is 0 Å². The number of hydrogen-bond donors (Lipinski definition) is 0. The summed E-state index contributed by atoms with van der Waals surface area (Å²) in [5.41, 5.74) is 1.79. The van der Waals surface area contributed by atoms with E-state index in [0.29, 0.717) is 17.7 Å². The van der Waals surface area contributed by atoms with Gasteiger partial charge in [-0.1, -0.05) is 28.1 Å². The first-order chi connectivity index (χ1) is 14.2.